The van der Waals surface area contributed by atoms with Gasteiger partial charge >= 0.3 is 0 Å². The molecule has 0 unspecified atom stereocenters. The molecule has 3 rings (SSSR count). The first kappa shape index (κ1) is 16.1. The van der Waals surface area contributed by atoms with E-state index in [1.807, 2.05) is 13.0 Å². The summed E-state index contributed by atoms with van der Waals surface area (Å²) in [6.45, 7) is 1.82. The maximum absolute atomic E-state index is 13.2. The van der Waals surface area contributed by atoms with Crippen LogP contribution < -0.4 is 0 Å². The molecule has 0 saturated heterocycles. The highest BCUT2D eigenvalue weighted by Gasteiger charge is 2.35. The lowest BCUT2D eigenvalue weighted by Crippen LogP contribution is -2.20. The third-order valence-electron chi connectivity index (χ3n) is 4.16. The van der Waals surface area contributed by atoms with E-state index < -0.39 is 9.84 Å². The standard InChI is InChI=1S/C16H19FN2O3S/c1-2-6-23(20,21)10-15-18-16(22-19-15)13-7-12(8-13)11-4-3-5-14(17)9-11/h3-5,9,12-13H,2,6-8,10H2,1H3. The number of sulfone groups is 1. The normalized spacial score (nSPS) is 21.1. The topological polar surface area (TPSA) is 73.1 Å². The molecule has 0 N–H and O–H groups in total. The minimum atomic E-state index is -3.17. The Morgan fingerprint density at radius 1 is 1.30 bits per heavy atom. The first-order valence-electron chi connectivity index (χ1n) is 7.75. The zero-order valence-electron chi connectivity index (χ0n) is 12.9. The summed E-state index contributed by atoms with van der Waals surface area (Å²) in [6.07, 6.45) is 2.20. The maximum Gasteiger partial charge on any atom is 0.229 e. The van der Waals surface area contributed by atoms with Crippen LogP contribution in [0.25, 0.3) is 0 Å². The Balaban J connectivity index is 1.60. The fourth-order valence-corrected chi connectivity index (χ4v) is 4.20. The first-order chi connectivity index (χ1) is 11.0. The molecule has 0 bridgehead atoms. The molecule has 2 aromatic rings. The van der Waals surface area contributed by atoms with E-state index in [0.29, 0.717) is 12.3 Å². The van der Waals surface area contributed by atoms with Gasteiger partial charge in [-0.3, -0.25) is 0 Å². The van der Waals surface area contributed by atoms with Crippen molar-refractivity contribution in [1.29, 1.82) is 0 Å². The summed E-state index contributed by atoms with van der Waals surface area (Å²) in [5.74, 6) is 0.842. The van der Waals surface area contributed by atoms with E-state index in [9.17, 15) is 12.8 Å². The third-order valence-corrected chi connectivity index (χ3v) is 5.88. The van der Waals surface area contributed by atoms with Gasteiger partial charge in [0.05, 0.1) is 5.75 Å². The van der Waals surface area contributed by atoms with Crippen LogP contribution in [0.1, 0.15) is 55.3 Å². The molecule has 1 aliphatic carbocycles. The number of nitrogens with zero attached hydrogens (tertiary/aromatic N) is 2. The molecular weight excluding hydrogens is 319 g/mol. The molecular formula is C16H19FN2O3S. The minimum Gasteiger partial charge on any atom is -0.339 e. The van der Waals surface area contributed by atoms with Crippen LogP contribution in [0.5, 0.6) is 0 Å². The lowest BCUT2D eigenvalue weighted by Gasteiger charge is -2.33. The highest BCUT2D eigenvalue weighted by Crippen LogP contribution is 2.47. The van der Waals surface area contributed by atoms with Gasteiger partial charge in [0.25, 0.3) is 0 Å². The summed E-state index contributed by atoms with van der Waals surface area (Å²) in [6, 6.07) is 6.61. The van der Waals surface area contributed by atoms with Gasteiger partial charge < -0.3 is 4.52 Å². The number of aromatic nitrogens is 2. The molecule has 0 amide bonds. The van der Waals surface area contributed by atoms with Crippen molar-refractivity contribution in [2.45, 2.75) is 43.8 Å². The van der Waals surface area contributed by atoms with Crippen molar-refractivity contribution in [1.82, 2.24) is 10.1 Å². The molecule has 5 nitrogen and oxygen atoms in total. The zero-order chi connectivity index (χ0) is 16.4. The summed E-state index contributed by atoms with van der Waals surface area (Å²) >= 11 is 0. The van der Waals surface area contributed by atoms with Crippen LogP contribution in [0.3, 0.4) is 0 Å². The molecule has 0 spiro atoms. The number of benzene rings is 1. The van der Waals surface area contributed by atoms with E-state index in [1.165, 1.54) is 6.07 Å². The van der Waals surface area contributed by atoms with Crippen molar-refractivity contribution in [3.8, 4) is 0 Å². The first-order valence-corrected chi connectivity index (χ1v) is 9.57. The highest BCUT2D eigenvalue weighted by atomic mass is 32.2. The summed E-state index contributed by atoms with van der Waals surface area (Å²) in [4.78, 5) is 4.21. The van der Waals surface area contributed by atoms with Crippen LogP contribution in [0, 0.1) is 5.82 Å². The van der Waals surface area contributed by atoms with Crippen molar-refractivity contribution < 1.29 is 17.3 Å². The summed E-state index contributed by atoms with van der Waals surface area (Å²) < 4.78 is 42.0. The SMILES string of the molecule is CCCS(=O)(=O)Cc1noc(C2CC(c3cccc(F)c3)C2)n1. The highest BCUT2D eigenvalue weighted by molar-refractivity contribution is 7.90. The second-order valence-electron chi connectivity index (χ2n) is 6.06. The van der Waals surface area contributed by atoms with Crippen LogP contribution in [-0.2, 0) is 15.6 Å². The molecule has 1 heterocycles. The van der Waals surface area contributed by atoms with E-state index in [-0.39, 0.29) is 35.0 Å². The quantitative estimate of drug-likeness (QED) is 0.809. The maximum atomic E-state index is 13.2. The molecule has 124 valence electrons. The summed E-state index contributed by atoms with van der Waals surface area (Å²) in [7, 11) is -3.17. The predicted octanol–water partition coefficient (Wildman–Crippen LogP) is 3.19. The Labute approximate surface area is 134 Å². The third kappa shape index (κ3) is 3.77. The van der Waals surface area contributed by atoms with E-state index in [1.54, 1.807) is 12.1 Å². The van der Waals surface area contributed by atoms with Gasteiger partial charge in [-0.2, -0.15) is 4.98 Å². The second kappa shape index (κ2) is 6.39. The minimum absolute atomic E-state index is 0.124. The van der Waals surface area contributed by atoms with Crippen molar-refractivity contribution >= 4 is 9.84 Å². The largest absolute Gasteiger partial charge is 0.339 e. The van der Waals surface area contributed by atoms with Gasteiger partial charge in [0.1, 0.15) is 11.6 Å². The Bertz CT molecular complexity index is 782. The van der Waals surface area contributed by atoms with E-state index in [2.05, 4.69) is 10.1 Å². The average molecular weight is 338 g/mol. The molecule has 1 aromatic heterocycles. The van der Waals surface area contributed by atoms with Crippen molar-refractivity contribution in [2.75, 3.05) is 5.75 Å². The number of hydrogen-bond donors (Lipinski definition) is 0. The van der Waals surface area contributed by atoms with Gasteiger partial charge in [-0.05, 0) is 42.9 Å². The van der Waals surface area contributed by atoms with Gasteiger partial charge in [0.15, 0.2) is 15.7 Å². The van der Waals surface area contributed by atoms with Gasteiger partial charge in [0, 0.05) is 5.92 Å². The van der Waals surface area contributed by atoms with E-state index in [4.69, 9.17) is 4.52 Å². The lowest BCUT2D eigenvalue weighted by atomic mass is 9.71. The average Bonchev–Trinajstić information content (AvgIpc) is 2.84. The molecule has 0 aliphatic heterocycles. The Hall–Kier alpha value is -1.76. The van der Waals surface area contributed by atoms with Crippen LogP contribution in [0.15, 0.2) is 28.8 Å². The molecule has 1 saturated carbocycles. The number of rotatable bonds is 6. The van der Waals surface area contributed by atoms with E-state index >= 15 is 0 Å². The van der Waals surface area contributed by atoms with Gasteiger partial charge in [-0.25, -0.2) is 12.8 Å². The Kier molecular flexibility index (Phi) is 4.48. The van der Waals surface area contributed by atoms with Gasteiger partial charge in [-0.15, -0.1) is 0 Å². The van der Waals surface area contributed by atoms with Crippen molar-refractivity contribution in [2.24, 2.45) is 0 Å². The predicted molar refractivity (Wildman–Crippen MR) is 83.2 cm³/mol. The van der Waals surface area contributed by atoms with Crippen molar-refractivity contribution in [3.63, 3.8) is 0 Å². The molecule has 7 heteroatoms. The molecule has 1 aliphatic rings. The van der Waals surface area contributed by atoms with Crippen LogP contribution in [0.2, 0.25) is 0 Å². The molecule has 0 radical (unpaired) electrons. The van der Waals surface area contributed by atoms with Crippen LogP contribution in [-0.4, -0.2) is 24.3 Å². The monoisotopic (exact) mass is 338 g/mol. The smallest absolute Gasteiger partial charge is 0.229 e. The van der Waals surface area contributed by atoms with Crippen LogP contribution in [0.4, 0.5) is 4.39 Å². The number of hydrogen-bond acceptors (Lipinski definition) is 5. The van der Waals surface area contributed by atoms with Gasteiger partial charge in [-0.1, -0.05) is 24.2 Å². The lowest BCUT2D eigenvalue weighted by molar-refractivity contribution is 0.262. The Morgan fingerprint density at radius 3 is 2.78 bits per heavy atom. The summed E-state index contributed by atoms with van der Waals surface area (Å²) in [5.41, 5.74) is 0.978. The fraction of sp³-hybridized carbons (Fsp3) is 0.500. The fourth-order valence-electron chi connectivity index (χ4n) is 2.92. The molecule has 23 heavy (non-hydrogen) atoms. The van der Waals surface area contributed by atoms with E-state index in [0.717, 1.165) is 18.4 Å². The molecule has 1 aromatic carbocycles. The zero-order valence-corrected chi connectivity index (χ0v) is 13.7. The summed E-state index contributed by atoms with van der Waals surface area (Å²) in [5, 5.41) is 3.77. The Morgan fingerprint density at radius 2 is 2.09 bits per heavy atom. The molecule has 1 fully saturated rings. The second-order valence-corrected chi connectivity index (χ2v) is 8.25. The van der Waals surface area contributed by atoms with Crippen LogP contribution >= 0.6 is 0 Å². The number of halogens is 1. The van der Waals surface area contributed by atoms with Crippen molar-refractivity contribution in [3.05, 3.63) is 47.4 Å². The molecule has 0 atom stereocenters. The van der Waals surface area contributed by atoms with Gasteiger partial charge in [0.2, 0.25) is 5.89 Å².